The Balaban J connectivity index is 1.91. The summed E-state index contributed by atoms with van der Waals surface area (Å²) in [4.78, 5) is 11.3. The van der Waals surface area contributed by atoms with Crippen LogP contribution in [-0.4, -0.2) is 23.0 Å². The Morgan fingerprint density at radius 3 is 2.68 bits per heavy atom. The van der Waals surface area contributed by atoms with Crippen molar-refractivity contribution in [2.45, 2.75) is 0 Å². The average Bonchev–Trinajstić information content (AvgIpc) is 2.96. The van der Waals surface area contributed by atoms with Crippen LogP contribution in [-0.2, 0) is 4.79 Å². The summed E-state index contributed by atoms with van der Waals surface area (Å²) < 4.78 is 15.7. The van der Waals surface area contributed by atoms with E-state index in [1.807, 2.05) is 0 Å². The van der Waals surface area contributed by atoms with Crippen LogP contribution in [0.5, 0.6) is 23.0 Å². The highest BCUT2D eigenvalue weighted by molar-refractivity contribution is 5.90. The van der Waals surface area contributed by atoms with Gasteiger partial charge in [-0.2, -0.15) is 0 Å². The molecule has 0 fully saturated rings. The molecular weight excluding hydrogens is 288 g/mol. The Hall–Kier alpha value is -3.15. The number of fused-ring (bicyclic) bond motifs is 1. The molecule has 2 aromatic rings. The van der Waals surface area contributed by atoms with Crippen molar-refractivity contribution in [1.29, 1.82) is 0 Å². The molecule has 0 aliphatic carbocycles. The van der Waals surface area contributed by atoms with Gasteiger partial charge in [0.2, 0.25) is 12.6 Å². The van der Waals surface area contributed by atoms with E-state index in [1.54, 1.807) is 30.3 Å². The van der Waals surface area contributed by atoms with Gasteiger partial charge >= 0.3 is 5.97 Å². The minimum atomic E-state index is -1.25. The first-order valence-electron chi connectivity index (χ1n) is 6.44. The zero-order valence-electron chi connectivity index (χ0n) is 11.4. The number of phenols is 1. The van der Waals surface area contributed by atoms with Gasteiger partial charge in [0.1, 0.15) is 0 Å². The third-order valence-corrected chi connectivity index (χ3v) is 2.99. The number of rotatable bonds is 4. The predicted molar refractivity (Wildman–Crippen MR) is 76.9 cm³/mol. The lowest BCUT2D eigenvalue weighted by Crippen LogP contribution is -2.07. The fourth-order valence-electron chi connectivity index (χ4n) is 1.95. The summed E-state index contributed by atoms with van der Waals surface area (Å²) in [6.07, 6.45) is 1.34. The first kappa shape index (κ1) is 13.8. The molecule has 0 aromatic heterocycles. The highest BCUT2D eigenvalue weighted by Gasteiger charge is 2.16. The van der Waals surface area contributed by atoms with Crippen LogP contribution in [0, 0.1) is 0 Å². The first-order valence-corrected chi connectivity index (χ1v) is 6.44. The van der Waals surface area contributed by atoms with E-state index in [1.165, 1.54) is 18.2 Å². The van der Waals surface area contributed by atoms with Gasteiger partial charge in [0.05, 0.1) is 0 Å². The maximum absolute atomic E-state index is 11.3. The summed E-state index contributed by atoms with van der Waals surface area (Å²) >= 11 is 0. The largest absolute Gasteiger partial charge is 0.504 e. The highest BCUT2D eigenvalue weighted by atomic mass is 16.7. The summed E-state index contributed by atoms with van der Waals surface area (Å²) in [5.41, 5.74) is 0.581. The number of phenolic OH excluding ortho intramolecular Hbond substituents is 1. The quantitative estimate of drug-likeness (QED) is 0.667. The van der Waals surface area contributed by atoms with Crippen LogP contribution < -0.4 is 14.2 Å². The van der Waals surface area contributed by atoms with Crippen molar-refractivity contribution >= 4 is 12.0 Å². The van der Waals surface area contributed by atoms with Gasteiger partial charge in [-0.1, -0.05) is 18.2 Å². The summed E-state index contributed by atoms with van der Waals surface area (Å²) in [5, 5.41) is 18.9. The fraction of sp³-hybridized carbons (Fsp3) is 0.0625. The molecule has 0 amide bonds. The summed E-state index contributed by atoms with van der Waals surface area (Å²) in [5.74, 6) is -0.491. The molecule has 6 heteroatoms. The lowest BCUT2D eigenvalue weighted by Gasteiger charge is -2.08. The monoisotopic (exact) mass is 300 g/mol. The van der Waals surface area contributed by atoms with Gasteiger partial charge in [0.15, 0.2) is 23.0 Å². The van der Waals surface area contributed by atoms with Crippen molar-refractivity contribution in [2.24, 2.45) is 0 Å². The minimum absolute atomic E-state index is 0.0666. The molecule has 2 aromatic carbocycles. The highest BCUT2D eigenvalue weighted by Crippen LogP contribution is 2.33. The fourth-order valence-corrected chi connectivity index (χ4v) is 1.95. The molecular formula is C16H12O6. The van der Waals surface area contributed by atoms with Gasteiger partial charge in [-0.05, 0) is 35.9 Å². The number of hydrogen-bond acceptors (Lipinski definition) is 5. The third-order valence-electron chi connectivity index (χ3n) is 2.99. The molecule has 0 saturated carbocycles. The number of carbonyl (C=O) groups is 1. The van der Waals surface area contributed by atoms with Crippen molar-refractivity contribution in [3.8, 4) is 23.0 Å². The first-order chi connectivity index (χ1) is 10.6. The topological polar surface area (TPSA) is 85.2 Å². The maximum Gasteiger partial charge on any atom is 0.371 e. The lowest BCUT2D eigenvalue weighted by atomic mass is 10.2. The molecule has 0 atom stereocenters. The van der Waals surface area contributed by atoms with Gasteiger partial charge in [-0.3, -0.25) is 0 Å². The molecule has 0 radical (unpaired) electrons. The maximum atomic E-state index is 11.3. The van der Waals surface area contributed by atoms with Gasteiger partial charge in [0, 0.05) is 0 Å². The Labute approximate surface area is 125 Å². The Kier molecular flexibility index (Phi) is 3.57. The summed E-state index contributed by atoms with van der Waals surface area (Å²) in [6.45, 7) is 0.142. The van der Waals surface area contributed by atoms with Gasteiger partial charge in [-0.25, -0.2) is 4.79 Å². The van der Waals surface area contributed by atoms with E-state index in [2.05, 4.69) is 0 Å². The van der Waals surface area contributed by atoms with Crippen molar-refractivity contribution in [3.05, 3.63) is 53.8 Å². The van der Waals surface area contributed by atoms with Crippen LogP contribution in [0.15, 0.2) is 48.2 Å². The number of carboxylic acid groups (broad SMARTS) is 1. The molecule has 1 aliphatic heterocycles. The zero-order valence-corrected chi connectivity index (χ0v) is 11.4. The molecule has 3 rings (SSSR count). The van der Waals surface area contributed by atoms with Crippen LogP contribution in [0.25, 0.3) is 6.08 Å². The molecule has 2 N–H and O–H groups in total. The number of carboxylic acids is 1. The third kappa shape index (κ3) is 2.80. The molecule has 0 unspecified atom stereocenters. The second-order valence-electron chi connectivity index (χ2n) is 4.50. The second kappa shape index (κ2) is 5.69. The standard InChI is InChI=1S/C16H12O6/c17-11-3-1-2-4-12(11)22-15(16(18)19)8-10-5-6-13-14(7-10)21-9-20-13/h1-8,17H,9H2,(H,18,19). The van der Waals surface area contributed by atoms with Crippen LogP contribution in [0.4, 0.5) is 0 Å². The predicted octanol–water partition coefficient (Wildman–Crippen LogP) is 2.63. The van der Waals surface area contributed by atoms with Crippen molar-refractivity contribution in [1.82, 2.24) is 0 Å². The van der Waals surface area contributed by atoms with Crippen LogP contribution in [0.2, 0.25) is 0 Å². The van der Waals surface area contributed by atoms with Crippen LogP contribution in [0.3, 0.4) is 0 Å². The number of aliphatic carboxylic acids is 1. The average molecular weight is 300 g/mol. The van der Waals surface area contributed by atoms with Gasteiger partial charge in [-0.15, -0.1) is 0 Å². The summed E-state index contributed by atoms with van der Waals surface area (Å²) in [7, 11) is 0. The Morgan fingerprint density at radius 1 is 1.14 bits per heavy atom. The van der Waals surface area contributed by atoms with Crippen molar-refractivity contribution < 1.29 is 29.2 Å². The normalized spacial score (nSPS) is 13.0. The number of para-hydroxylation sites is 2. The number of benzene rings is 2. The van der Waals surface area contributed by atoms with Crippen LogP contribution in [0.1, 0.15) is 5.56 Å². The molecule has 1 aliphatic rings. The molecule has 6 nitrogen and oxygen atoms in total. The van der Waals surface area contributed by atoms with E-state index < -0.39 is 5.97 Å². The van der Waals surface area contributed by atoms with E-state index in [0.717, 1.165) is 0 Å². The van der Waals surface area contributed by atoms with E-state index in [-0.39, 0.29) is 24.1 Å². The number of ether oxygens (including phenoxy) is 3. The smallest absolute Gasteiger partial charge is 0.371 e. The number of hydrogen-bond donors (Lipinski definition) is 2. The van der Waals surface area contributed by atoms with E-state index >= 15 is 0 Å². The van der Waals surface area contributed by atoms with Crippen LogP contribution >= 0.6 is 0 Å². The molecule has 0 bridgehead atoms. The Morgan fingerprint density at radius 2 is 1.91 bits per heavy atom. The van der Waals surface area contributed by atoms with Gasteiger partial charge in [0.25, 0.3) is 0 Å². The molecule has 0 spiro atoms. The SMILES string of the molecule is O=C(O)C(=Cc1ccc2c(c1)OCO2)Oc1ccccc1O. The van der Waals surface area contributed by atoms with E-state index in [4.69, 9.17) is 14.2 Å². The van der Waals surface area contributed by atoms with E-state index in [9.17, 15) is 15.0 Å². The van der Waals surface area contributed by atoms with Crippen molar-refractivity contribution in [2.75, 3.05) is 6.79 Å². The molecule has 0 saturated heterocycles. The van der Waals surface area contributed by atoms with Crippen molar-refractivity contribution in [3.63, 3.8) is 0 Å². The summed E-state index contributed by atoms with van der Waals surface area (Å²) in [6, 6.07) is 11.2. The Bertz CT molecular complexity index is 750. The zero-order chi connectivity index (χ0) is 15.5. The van der Waals surface area contributed by atoms with E-state index in [0.29, 0.717) is 17.1 Å². The molecule has 22 heavy (non-hydrogen) atoms. The molecule has 112 valence electrons. The minimum Gasteiger partial charge on any atom is -0.504 e. The number of aromatic hydroxyl groups is 1. The lowest BCUT2D eigenvalue weighted by molar-refractivity contribution is -0.134. The van der Waals surface area contributed by atoms with Gasteiger partial charge < -0.3 is 24.4 Å². The molecule has 1 heterocycles. The second-order valence-corrected chi connectivity index (χ2v) is 4.50.